The molecule has 0 spiro atoms. The van der Waals surface area contributed by atoms with Crippen LogP contribution in [0.4, 0.5) is 14.5 Å². The number of halogens is 2. The van der Waals surface area contributed by atoms with E-state index in [0.717, 1.165) is 12.1 Å². The minimum atomic E-state index is -1.05. The van der Waals surface area contributed by atoms with Gasteiger partial charge in [-0.25, -0.2) is 8.78 Å². The van der Waals surface area contributed by atoms with Gasteiger partial charge in [-0.05, 0) is 18.2 Å². The number of aryl methyl sites for hydroxylation is 1. The lowest BCUT2D eigenvalue weighted by Crippen LogP contribution is -2.26. The van der Waals surface area contributed by atoms with Crippen LogP contribution >= 0.6 is 0 Å². The summed E-state index contributed by atoms with van der Waals surface area (Å²) < 4.78 is 28.6. The predicted octanol–water partition coefficient (Wildman–Crippen LogP) is 1.21. The van der Waals surface area contributed by atoms with Crippen molar-refractivity contribution in [3.8, 4) is 0 Å². The van der Waals surface area contributed by atoms with Gasteiger partial charge in [-0.2, -0.15) is 5.10 Å². The molecular formula is C12H12F2N4O. The van der Waals surface area contributed by atoms with Crippen LogP contribution in [0.3, 0.4) is 0 Å². The quantitative estimate of drug-likeness (QED) is 0.820. The molecule has 1 aromatic carbocycles. The molecule has 0 unspecified atom stereocenters. The van der Waals surface area contributed by atoms with Gasteiger partial charge >= 0.3 is 0 Å². The second-order valence-corrected chi connectivity index (χ2v) is 3.95. The first-order chi connectivity index (χ1) is 9.00. The van der Waals surface area contributed by atoms with Crippen molar-refractivity contribution < 1.29 is 13.6 Å². The lowest BCUT2D eigenvalue weighted by atomic mass is 10.1. The van der Waals surface area contributed by atoms with Crippen LogP contribution in [-0.4, -0.2) is 15.7 Å². The van der Waals surface area contributed by atoms with Crippen LogP contribution in [0.15, 0.2) is 24.4 Å². The third-order valence-electron chi connectivity index (χ3n) is 2.70. The maximum atomic E-state index is 13.6. The summed E-state index contributed by atoms with van der Waals surface area (Å²) in [5.74, 6) is -2.86. The molecule has 0 aliphatic heterocycles. The molecular weight excluding hydrogens is 254 g/mol. The number of hydrogen-bond donors (Lipinski definition) is 2. The van der Waals surface area contributed by atoms with Gasteiger partial charge in [0.25, 0.3) is 5.91 Å². The Labute approximate surface area is 108 Å². The fraction of sp³-hybridized carbons (Fsp3) is 0.167. The Balaban J connectivity index is 2.17. The monoisotopic (exact) mass is 266 g/mol. The fourth-order valence-corrected chi connectivity index (χ4v) is 1.61. The smallest absolute Gasteiger partial charge is 0.257 e. The zero-order chi connectivity index (χ0) is 14.0. The molecule has 100 valence electrons. The van der Waals surface area contributed by atoms with Crippen molar-refractivity contribution in [1.82, 2.24) is 15.1 Å². The summed E-state index contributed by atoms with van der Waals surface area (Å²) in [4.78, 5) is 11.8. The summed E-state index contributed by atoms with van der Waals surface area (Å²) in [6.45, 7) is 0.114. The van der Waals surface area contributed by atoms with Crippen LogP contribution in [0.1, 0.15) is 16.1 Å². The second kappa shape index (κ2) is 5.05. The largest absolute Gasteiger partial charge is 0.396 e. The lowest BCUT2D eigenvalue weighted by Gasteiger charge is -2.08. The minimum absolute atomic E-state index is 0.114. The zero-order valence-electron chi connectivity index (χ0n) is 10.2. The molecule has 3 N–H and O–H groups in total. The van der Waals surface area contributed by atoms with E-state index in [1.54, 1.807) is 24.0 Å². The average molecular weight is 266 g/mol. The first-order valence-electron chi connectivity index (χ1n) is 5.49. The van der Waals surface area contributed by atoms with E-state index in [0.29, 0.717) is 5.69 Å². The molecule has 0 saturated carbocycles. The van der Waals surface area contributed by atoms with E-state index in [-0.39, 0.29) is 12.2 Å². The number of rotatable bonds is 3. The predicted molar refractivity (Wildman–Crippen MR) is 65.1 cm³/mol. The van der Waals surface area contributed by atoms with E-state index in [1.807, 2.05) is 0 Å². The van der Waals surface area contributed by atoms with E-state index >= 15 is 0 Å². The van der Waals surface area contributed by atoms with Gasteiger partial charge < -0.3 is 11.1 Å². The normalized spacial score (nSPS) is 10.5. The standard InChI is InChI=1S/C12H12F2N4O/c1-18-7(4-5-17-18)6-16-12(19)10-8(13)2-3-9(15)11(10)14/h2-5H,6,15H2,1H3,(H,16,19). The van der Waals surface area contributed by atoms with E-state index in [9.17, 15) is 13.6 Å². The number of nitrogens with zero attached hydrogens (tertiary/aromatic N) is 2. The van der Waals surface area contributed by atoms with Gasteiger partial charge in [-0.15, -0.1) is 0 Å². The third-order valence-corrected chi connectivity index (χ3v) is 2.70. The lowest BCUT2D eigenvalue weighted by molar-refractivity contribution is 0.0941. The number of amides is 1. The summed E-state index contributed by atoms with van der Waals surface area (Å²) in [5, 5.41) is 6.33. The molecule has 19 heavy (non-hydrogen) atoms. The molecule has 2 rings (SSSR count). The van der Waals surface area contributed by atoms with E-state index in [2.05, 4.69) is 10.4 Å². The van der Waals surface area contributed by atoms with Crippen LogP contribution < -0.4 is 11.1 Å². The van der Waals surface area contributed by atoms with E-state index in [1.165, 1.54) is 0 Å². The Morgan fingerprint density at radius 1 is 1.42 bits per heavy atom. The Morgan fingerprint density at radius 3 is 2.79 bits per heavy atom. The number of anilines is 1. The fourth-order valence-electron chi connectivity index (χ4n) is 1.61. The zero-order valence-corrected chi connectivity index (χ0v) is 10.2. The highest BCUT2D eigenvalue weighted by molar-refractivity contribution is 5.95. The third kappa shape index (κ3) is 2.54. The number of hydrogen-bond acceptors (Lipinski definition) is 3. The number of nitrogens with two attached hydrogens (primary N) is 1. The van der Waals surface area contributed by atoms with Crippen LogP contribution in [-0.2, 0) is 13.6 Å². The van der Waals surface area contributed by atoms with Gasteiger partial charge in [-0.3, -0.25) is 9.48 Å². The van der Waals surface area contributed by atoms with Crippen molar-refractivity contribution in [2.45, 2.75) is 6.54 Å². The first kappa shape index (κ1) is 13.0. The molecule has 0 fully saturated rings. The molecule has 7 heteroatoms. The van der Waals surface area contributed by atoms with Gasteiger partial charge in [0.05, 0.1) is 17.9 Å². The number of carbonyl (C=O) groups is 1. The molecule has 0 aliphatic rings. The second-order valence-electron chi connectivity index (χ2n) is 3.95. The van der Waals surface area contributed by atoms with Crippen molar-refractivity contribution in [3.63, 3.8) is 0 Å². The maximum absolute atomic E-state index is 13.6. The number of nitrogens with one attached hydrogen (secondary N) is 1. The van der Waals surface area contributed by atoms with Crippen LogP contribution in [0.25, 0.3) is 0 Å². The molecule has 0 radical (unpaired) electrons. The summed E-state index contributed by atoms with van der Waals surface area (Å²) >= 11 is 0. The molecule has 0 bridgehead atoms. The van der Waals surface area contributed by atoms with Gasteiger partial charge in [0.1, 0.15) is 11.4 Å². The van der Waals surface area contributed by atoms with Crippen molar-refractivity contribution in [1.29, 1.82) is 0 Å². The molecule has 0 saturated heterocycles. The molecule has 5 nitrogen and oxygen atoms in total. The molecule has 0 aliphatic carbocycles. The SMILES string of the molecule is Cn1nccc1CNC(=O)c1c(F)ccc(N)c1F. The van der Waals surface area contributed by atoms with E-state index in [4.69, 9.17) is 5.73 Å². The van der Waals surface area contributed by atoms with Crippen molar-refractivity contribution >= 4 is 11.6 Å². The van der Waals surface area contributed by atoms with Crippen molar-refractivity contribution in [2.75, 3.05) is 5.73 Å². The summed E-state index contributed by atoms with van der Waals surface area (Å²) in [6, 6.07) is 3.71. The van der Waals surface area contributed by atoms with Gasteiger partial charge in [0.15, 0.2) is 5.82 Å². The first-order valence-corrected chi connectivity index (χ1v) is 5.49. The van der Waals surface area contributed by atoms with Crippen LogP contribution in [0.5, 0.6) is 0 Å². The van der Waals surface area contributed by atoms with Gasteiger partial charge in [0, 0.05) is 13.2 Å². The van der Waals surface area contributed by atoms with Crippen molar-refractivity contribution in [2.24, 2.45) is 7.05 Å². The van der Waals surface area contributed by atoms with Crippen LogP contribution in [0, 0.1) is 11.6 Å². The van der Waals surface area contributed by atoms with Gasteiger partial charge in [0.2, 0.25) is 0 Å². The molecule has 1 amide bonds. The summed E-state index contributed by atoms with van der Waals surface area (Å²) in [7, 11) is 1.70. The maximum Gasteiger partial charge on any atom is 0.257 e. The number of carbonyl (C=O) groups excluding carboxylic acids is 1. The Bertz CT molecular complexity index is 624. The van der Waals surface area contributed by atoms with E-state index < -0.39 is 23.1 Å². The Hall–Kier alpha value is -2.44. The Kier molecular flexibility index (Phi) is 3.46. The molecule has 1 heterocycles. The van der Waals surface area contributed by atoms with Crippen LogP contribution in [0.2, 0.25) is 0 Å². The van der Waals surface area contributed by atoms with Crippen molar-refractivity contribution in [3.05, 3.63) is 47.3 Å². The van der Waals surface area contributed by atoms with Gasteiger partial charge in [-0.1, -0.05) is 0 Å². The molecule has 0 atom stereocenters. The average Bonchev–Trinajstić information content (AvgIpc) is 2.77. The number of benzene rings is 1. The summed E-state index contributed by atoms with van der Waals surface area (Å²) in [5.41, 5.74) is 5.06. The highest BCUT2D eigenvalue weighted by Crippen LogP contribution is 2.18. The highest BCUT2D eigenvalue weighted by atomic mass is 19.1. The number of nitrogen functional groups attached to an aromatic ring is 1. The number of aromatic nitrogens is 2. The topological polar surface area (TPSA) is 72.9 Å². The molecule has 1 aromatic heterocycles. The summed E-state index contributed by atoms with van der Waals surface area (Å²) in [6.07, 6.45) is 1.56. The molecule has 2 aromatic rings. The highest BCUT2D eigenvalue weighted by Gasteiger charge is 2.19. The minimum Gasteiger partial charge on any atom is -0.396 e. The Morgan fingerprint density at radius 2 is 2.16 bits per heavy atom.